The Labute approximate surface area is 127 Å². The second kappa shape index (κ2) is 6.57. The van der Waals surface area contributed by atoms with Crippen molar-refractivity contribution in [1.82, 2.24) is 4.90 Å². The summed E-state index contributed by atoms with van der Waals surface area (Å²) in [6.07, 6.45) is 1.42. The first kappa shape index (κ1) is 15.3. The monoisotopic (exact) mass is 314 g/mol. The number of amides is 1. The normalized spacial score (nSPS) is 17.1. The van der Waals surface area contributed by atoms with Gasteiger partial charge in [0.1, 0.15) is 0 Å². The van der Waals surface area contributed by atoms with Crippen molar-refractivity contribution in [1.29, 1.82) is 0 Å². The Balaban J connectivity index is 1.92. The molecule has 6 heteroatoms. The van der Waals surface area contributed by atoms with E-state index in [1.807, 2.05) is 4.90 Å². The van der Waals surface area contributed by atoms with Crippen LogP contribution in [0.2, 0.25) is 10.0 Å². The summed E-state index contributed by atoms with van der Waals surface area (Å²) in [7, 11) is 0. The minimum absolute atomic E-state index is 0.00101. The van der Waals surface area contributed by atoms with Gasteiger partial charge in [0.25, 0.3) is 0 Å². The largest absolute Gasteiger partial charge is 0.369 e. The highest BCUT2D eigenvalue weighted by atomic mass is 35.5. The number of likely N-dealkylation sites (tertiary alicyclic amines) is 1. The highest BCUT2D eigenvalue weighted by Crippen LogP contribution is 2.23. The Morgan fingerprint density at radius 2 is 1.85 bits per heavy atom. The third kappa shape index (κ3) is 3.72. The quantitative estimate of drug-likeness (QED) is 0.868. The summed E-state index contributed by atoms with van der Waals surface area (Å²) in [6.45, 7) is 1.74. The van der Waals surface area contributed by atoms with Gasteiger partial charge in [-0.15, -0.1) is 0 Å². The molecule has 1 amide bonds. The van der Waals surface area contributed by atoms with Gasteiger partial charge in [0.05, 0.1) is 16.6 Å². The second-order valence-electron chi connectivity index (χ2n) is 5.00. The first-order valence-electron chi connectivity index (χ1n) is 6.47. The molecule has 1 heterocycles. The SMILES string of the molecule is NC(=O)C1CCN(CC(=O)c2ccc(Cl)c(Cl)c2)CC1. The molecule has 1 aromatic carbocycles. The van der Waals surface area contributed by atoms with Gasteiger partial charge in [-0.1, -0.05) is 23.2 Å². The standard InChI is InChI=1S/C14H16Cl2N2O2/c15-11-2-1-10(7-12(11)16)13(19)8-18-5-3-9(4-6-18)14(17)20/h1-2,7,9H,3-6,8H2,(H2,17,20). The van der Waals surface area contributed by atoms with Crippen molar-refractivity contribution in [3.8, 4) is 0 Å². The molecular formula is C14H16Cl2N2O2. The fourth-order valence-electron chi connectivity index (χ4n) is 2.34. The van der Waals surface area contributed by atoms with Gasteiger partial charge in [-0.2, -0.15) is 0 Å². The molecule has 0 aliphatic carbocycles. The van der Waals surface area contributed by atoms with E-state index in [0.29, 0.717) is 48.1 Å². The number of rotatable bonds is 4. The molecule has 1 aromatic rings. The Hall–Kier alpha value is -1.10. The predicted octanol–water partition coefficient (Wildman–Crippen LogP) is 2.37. The van der Waals surface area contributed by atoms with Crippen LogP contribution in [0.25, 0.3) is 0 Å². The van der Waals surface area contributed by atoms with Crippen molar-refractivity contribution in [3.05, 3.63) is 33.8 Å². The molecule has 0 aromatic heterocycles. The molecule has 0 bridgehead atoms. The van der Waals surface area contributed by atoms with Crippen molar-refractivity contribution in [3.63, 3.8) is 0 Å². The van der Waals surface area contributed by atoms with Crippen LogP contribution in [0.4, 0.5) is 0 Å². The summed E-state index contributed by atoms with van der Waals surface area (Å²) >= 11 is 11.7. The van der Waals surface area contributed by atoms with Crippen molar-refractivity contribution < 1.29 is 9.59 Å². The Morgan fingerprint density at radius 3 is 2.40 bits per heavy atom. The lowest BCUT2D eigenvalue weighted by Gasteiger charge is -2.29. The number of hydrogen-bond donors (Lipinski definition) is 1. The van der Waals surface area contributed by atoms with Crippen LogP contribution in [-0.4, -0.2) is 36.2 Å². The van der Waals surface area contributed by atoms with Gasteiger partial charge in [-0.05, 0) is 44.1 Å². The number of carbonyl (C=O) groups is 2. The number of benzene rings is 1. The molecule has 0 spiro atoms. The Bertz CT molecular complexity index is 526. The van der Waals surface area contributed by atoms with E-state index in [4.69, 9.17) is 28.9 Å². The zero-order valence-corrected chi connectivity index (χ0v) is 12.5. The highest BCUT2D eigenvalue weighted by molar-refractivity contribution is 6.42. The van der Waals surface area contributed by atoms with Crippen LogP contribution in [0.15, 0.2) is 18.2 Å². The van der Waals surface area contributed by atoms with Crippen LogP contribution in [0.3, 0.4) is 0 Å². The van der Waals surface area contributed by atoms with Crippen LogP contribution in [0.5, 0.6) is 0 Å². The Morgan fingerprint density at radius 1 is 1.20 bits per heavy atom. The molecular weight excluding hydrogens is 299 g/mol. The Kier molecular flexibility index (Phi) is 5.02. The lowest BCUT2D eigenvalue weighted by Crippen LogP contribution is -2.40. The maximum atomic E-state index is 12.2. The lowest BCUT2D eigenvalue weighted by molar-refractivity contribution is -0.123. The van der Waals surface area contributed by atoms with Gasteiger partial charge in [-0.25, -0.2) is 0 Å². The zero-order valence-electron chi connectivity index (χ0n) is 10.9. The molecule has 1 aliphatic heterocycles. The van der Waals surface area contributed by atoms with Crippen LogP contribution < -0.4 is 5.73 Å². The number of nitrogens with zero attached hydrogens (tertiary/aromatic N) is 1. The van der Waals surface area contributed by atoms with Gasteiger partial charge in [-0.3, -0.25) is 14.5 Å². The average molecular weight is 315 g/mol. The molecule has 1 saturated heterocycles. The van der Waals surface area contributed by atoms with Crippen molar-refractivity contribution >= 4 is 34.9 Å². The number of carbonyl (C=O) groups excluding carboxylic acids is 2. The number of hydrogen-bond acceptors (Lipinski definition) is 3. The van der Waals surface area contributed by atoms with Gasteiger partial charge in [0.2, 0.25) is 5.91 Å². The molecule has 2 rings (SSSR count). The molecule has 4 nitrogen and oxygen atoms in total. The van der Waals surface area contributed by atoms with E-state index >= 15 is 0 Å². The van der Waals surface area contributed by atoms with E-state index in [1.165, 1.54) is 0 Å². The van der Waals surface area contributed by atoms with Crippen LogP contribution in [-0.2, 0) is 4.79 Å². The van der Waals surface area contributed by atoms with E-state index in [0.717, 1.165) is 0 Å². The molecule has 108 valence electrons. The topological polar surface area (TPSA) is 63.4 Å². The molecule has 0 atom stereocenters. The summed E-state index contributed by atoms with van der Waals surface area (Å²) in [6, 6.07) is 4.88. The third-order valence-corrected chi connectivity index (χ3v) is 4.34. The van der Waals surface area contributed by atoms with Crippen LogP contribution in [0, 0.1) is 5.92 Å². The van der Waals surface area contributed by atoms with E-state index in [2.05, 4.69) is 0 Å². The summed E-state index contributed by atoms with van der Waals surface area (Å²) < 4.78 is 0. The zero-order chi connectivity index (χ0) is 14.7. The molecule has 0 saturated carbocycles. The lowest BCUT2D eigenvalue weighted by atomic mass is 9.96. The summed E-state index contributed by atoms with van der Waals surface area (Å²) in [5.74, 6) is -0.312. The smallest absolute Gasteiger partial charge is 0.220 e. The summed E-state index contributed by atoms with van der Waals surface area (Å²) in [5.41, 5.74) is 5.84. The average Bonchev–Trinajstić information content (AvgIpc) is 2.42. The van der Waals surface area contributed by atoms with Crippen LogP contribution in [0.1, 0.15) is 23.2 Å². The highest BCUT2D eigenvalue weighted by Gasteiger charge is 2.24. The number of halogens is 2. The molecule has 20 heavy (non-hydrogen) atoms. The number of ketones is 1. The first-order chi connectivity index (χ1) is 9.47. The van der Waals surface area contributed by atoms with Crippen molar-refractivity contribution in [2.24, 2.45) is 11.7 Å². The number of primary amides is 1. The maximum absolute atomic E-state index is 12.2. The molecule has 0 radical (unpaired) electrons. The minimum Gasteiger partial charge on any atom is -0.369 e. The number of Topliss-reactive ketones (excluding diaryl/α,β-unsaturated/α-hetero) is 1. The van der Waals surface area contributed by atoms with E-state index in [1.54, 1.807) is 18.2 Å². The second-order valence-corrected chi connectivity index (χ2v) is 5.82. The fraction of sp³-hybridized carbons (Fsp3) is 0.429. The fourth-order valence-corrected chi connectivity index (χ4v) is 2.64. The van der Waals surface area contributed by atoms with Gasteiger partial charge >= 0.3 is 0 Å². The van der Waals surface area contributed by atoms with E-state index < -0.39 is 0 Å². The van der Waals surface area contributed by atoms with Gasteiger partial charge < -0.3 is 5.73 Å². The third-order valence-electron chi connectivity index (χ3n) is 3.60. The van der Waals surface area contributed by atoms with Crippen molar-refractivity contribution in [2.45, 2.75) is 12.8 Å². The van der Waals surface area contributed by atoms with Gasteiger partial charge in [0, 0.05) is 11.5 Å². The molecule has 1 fully saturated rings. The van der Waals surface area contributed by atoms with E-state index in [9.17, 15) is 9.59 Å². The first-order valence-corrected chi connectivity index (χ1v) is 7.23. The summed E-state index contributed by atoms with van der Waals surface area (Å²) in [5, 5.41) is 0.815. The predicted molar refractivity (Wildman–Crippen MR) is 79.2 cm³/mol. The van der Waals surface area contributed by atoms with Crippen molar-refractivity contribution in [2.75, 3.05) is 19.6 Å². The van der Waals surface area contributed by atoms with Gasteiger partial charge in [0.15, 0.2) is 5.78 Å². The summed E-state index contributed by atoms with van der Waals surface area (Å²) in [4.78, 5) is 25.3. The number of nitrogens with two attached hydrogens (primary N) is 1. The minimum atomic E-state index is -0.250. The molecule has 1 aliphatic rings. The van der Waals surface area contributed by atoms with E-state index in [-0.39, 0.29) is 17.6 Å². The van der Waals surface area contributed by atoms with Crippen LogP contribution >= 0.6 is 23.2 Å². The maximum Gasteiger partial charge on any atom is 0.220 e. The number of piperidine rings is 1. The molecule has 2 N–H and O–H groups in total. The molecule has 0 unspecified atom stereocenters.